The number of rotatable bonds is 4. The molecule has 0 aromatic rings. The van der Waals surface area contributed by atoms with E-state index in [9.17, 15) is 0 Å². The van der Waals surface area contributed by atoms with Gasteiger partial charge >= 0.3 is 97.0 Å². The molecule has 2 rings (SSSR count). The van der Waals surface area contributed by atoms with Gasteiger partial charge in [0.2, 0.25) is 0 Å². The van der Waals surface area contributed by atoms with Crippen LogP contribution in [0.2, 0.25) is 4.87 Å². The van der Waals surface area contributed by atoms with Crippen LogP contribution in [0.25, 0.3) is 0 Å². The van der Waals surface area contributed by atoms with Crippen LogP contribution in [0.4, 0.5) is 0 Å². The second kappa shape index (κ2) is 5.34. The molecule has 0 amide bonds. The number of hydrogen-bond donors (Lipinski definition) is 0. The first-order valence-electron chi connectivity index (χ1n) is 4.15. The van der Waals surface area contributed by atoms with E-state index in [2.05, 4.69) is 46.1 Å². The third kappa shape index (κ3) is 3.11. The molecule has 0 nitrogen and oxygen atoms in total. The Labute approximate surface area is 95.9 Å². The average molecular weight is 347 g/mol. The molecule has 2 saturated heterocycles. The van der Waals surface area contributed by atoms with E-state index >= 15 is 0 Å². The van der Waals surface area contributed by atoms with Crippen LogP contribution in [0.1, 0.15) is 12.8 Å². The van der Waals surface area contributed by atoms with E-state index in [0.717, 1.165) is 9.16 Å². The Bertz CT molecular complexity index is 130. The van der Waals surface area contributed by atoms with Crippen LogP contribution in [-0.2, 0) is 0 Å². The van der Waals surface area contributed by atoms with Gasteiger partial charge in [-0.2, -0.15) is 0 Å². The SMILES string of the molecule is [CH3][Sb]([S]C1CCS1)[S]C1CCS1. The predicted molar refractivity (Wildman–Crippen MR) is 68.5 cm³/mol. The summed E-state index contributed by atoms with van der Waals surface area (Å²) < 4.78 is 2.02. The van der Waals surface area contributed by atoms with Gasteiger partial charge in [0.05, 0.1) is 0 Å². The Morgan fingerprint density at radius 2 is 1.50 bits per heavy atom. The summed E-state index contributed by atoms with van der Waals surface area (Å²) in [6, 6.07) is 0. The molecule has 0 spiro atoms. The molecule has 5 heteroatoms. The van der Waals surface area contributed by atoms with E-state index in [4.69, 9.17) is 0 Å². The van der Waals surface area contributed by atoms with E-state index in [1.807, 2.05) is 0 Å². The predicted octanol–water partition coefficient (Wildman–Crippen LogP) is 3.50. The summed E-state index contributed by atoms with van der Waals surface area (Å²) in [4.78, 5) is 2.55. The van der Waals surface area contributed by atoms with Crippen molar-refractivity contribution in [3.63, 3.8) is 0 Å². The van der Waals surface area contributed by atoms with Gasteiger partial charge in [-0.1, -0.05) is 0 Å². The molecular weight excluding hydrogens is 334 g/mol. The third-order valence-corrected chi connectivity index (χ3v) is 22.4. The molecule has 0 aromatic heterocycles. The van der Waals surface area contributed by atoms with Gasteiger partial charge in [-0.25, -0.2) is 0 Å². The van der Waals surface area contributed by atoms with Gasteiger partial charge in [-0.15, -0.1) is 0 Å². The molecule has 12 heavy (non-hydrogen) atoms. The maximum absolute atomic E-state index is 2.55. The molecule has 2 unspecified atom stereocenters. The Kier molecular flexibility index (Phi) is 4.78. The zero-order chi connectivity index (χ0) is 8.39. The van der Waals surface area contributed by atoms with Crippen molar-refractivity contribution in [1.29, 1.82) is 0 Å². The summed E-state index contributed by atoms with van der Waals surface area (Å²) in [5, 5.41) is 0. The van der Waals surface area contributed by atoms with Crippen molar-refractivity contribution in [2.75, 3.05) is 11.5 Å². The molecule has 2 aliphatic heterocycles. The van der Waals surface area contributed by atoms with E-state index < -0.39 is 17.4 Å². The van der Waals surface area contributed by atoms with Gasteiger partial charge in [0.1, 0.15) is 0 Å². The van der Waals surface area contributed by atoms with Gasteiger partial charge < -0.3 is 0 Å². The van der Waals surface area contributed by atoms with E-state index in [0.29, 0.717) is 0 Å². The van der Waals surface area contributed by atoms with Gasteiger partial charge in [0.15, 0.2) is 0 Å². The zero-order valence-electron chi connectivity index (χ0n) is 7.06. The summed E-state index contributed by atoms with van der Waals surface area (Å²) >= 11 is 3.48. The first-order chi connectivity index (χ1) is 5.84. The fraction of sp³-hybridized carbons (Fsp3) is 1.00. The normalized spacial score (nSPS) is 34.5. The Morgan fingerprint density at radius 3 is 1.75 bits per heavy atom. The fourth-order valence-corrected chi connectivity index (χ4v) is 28.0. The Morgan fingerprint density at radius 1 is 1.08 bits per heavy atom. The summed E-state index contributed by atoms with van der Waals surface area (Å²) in [6.07, 6.45) is 2.98. The van der Waals surface area contributed by atoms with E-state index in [-0.39, 0.29) is 0 Å². The van der Waals surface area contributed by atoms with Crippen LogP contribution in [0.3, 0.4) is 0 Å². The van der Waals surface area contributed by atoms with Crippen LogP contribution < -0.4 is 0 Å². The molecular formula is C7H13S4Sb. The molecule has 0 aromatic carbocycles. The summed E-state index contributed by atoms with van der Waals surface area (Å²) in [7, 11) is 4.72. The maximum atomic E-state index is 2.55. The minimum absolute atomic E-state index is 0.868. The van der Waals surface area contributed by atoms with Gasteiger partial charge in [0.25, 0.3) is 0 Å². The van der Waals surface area contributed by atoms with Gasteiger partial charge in [0, 0.05) is 0 Å². The monoisotopic (exact) mass is 346 g/mol. The van der Waals surface area contributed by atoms with Crippen LogP contribution in [0, 0.1) is 0 Å². The molecule has 2 fully saturated rings. The van der Waals surface area contributed by atoms with Crippen molar-refractivity contribution in [3.05, 3.63) is 0 Å². The first kappa shape index (κ1) is 10.7. The van der Waals surface area contributed by atoms with Gasteiger partial charge in [-0.05, 0) is 0 Å². The summed E-state index contributed by atoms with van der Waals surface area (Å²) in [5.41, 5.74) is 0. The van der Waals surface area contributed by atoms with E-state index in [1.165, 1.54) is 24.3 Å². The van der Waals surface area contributed by atoms with Crippen molar-refractivity contribution in [2.24, 2.45) is 0 Å². The standard InChI is InChI=1S/2C3H6S2.CH3.Sb/c2*4-3-1-2-5-3;;/h2*3-4H,1-2H2;1H3;/q;;;+2/p-2. The molecule has 0 aliphatic carbocycles. The summed E-state index contributed by atoms with van der Waals surface area (Å²) in [6.45, 7) is 0. The number of hydrogen-bond acceptors (Lipinski definition) is 4. The Balaban J connectivity index is 1.58. The molecule has 2 heterocycles. The third-order valence-electron chi connectivity index (χ3n) is 1.85. The van der Waals surface area contributed by atoms with Crippen LogP contribution in [0.5, 0.6) is 0 Å². The zero-order valence-corrected chi connectivity index (χ0v) is 12.9. The van der Waals surface area contributed by atoms with E-state index in [1.54, 1.807) is 0 Å². The fourth-order valence-electron chi connectivity index (χ4n) is 0.950. The number of thioether (sulfide) groups is 2. The second-order valence-electron chi connectivity index (χ2n) is 2.83. The molecule has 0 radical (unpaired) electrons. The van der Waals surface area contributed by atoms with Gasteiger partial charge in [-0.3, -0.25) is 0 Å². The summed E-state index contributed by atoms with van der Waals surface area (Å²) in [5.74, 6) is 2.85. The molecule has 2 atom stereocenters. The van der Waals surface area contributed by atoms with Crippen molar-refractivity contribution >= 4 is 58.6 Å². The second-order valence-corrected chi connectivity index (χ2v) is 22.6. The van der Waals surface area contributed by atoms with Crippen LogP contribution in [0.15, 0.2) is 0 Å². The topological polar surface area (TPSA) is 0 Å². The average Bonchev–Trinajstić information content (AvgIpc) is 1.89. The molecule has 0 N–H and O–H groups in total. The van der Waals surface area contributed by atoms with Crippen LogP contribution >= 0.6 is 41.2 Å². The quantitative estimate of drug-likeness (QED) is 0.714. The molecule has 2 aliphatic rings. The minimum atomic E-state index is -0.868. The first-order valence-corrected chi connectivity index (χ1v) is 16.7. The molecule has 0 saturated carbocycles. The Hall–Kier alpha value is 2.22. The van der Waals surface area contributed by atoms with Crippen molar-refractivity contribution < 1.29 is 0 Å². The van der Waals surface area contributed by atoms with Crippen molar-refractivity contribution in [1.82, 2.24) is 0 Å². The van der Waals surface area contributed by atoms with Crippen molar-refractivity contribution in [3.8, 4) is 0 Å². The molecule has 0 bridgehead atoms. The van der Waals surface area contributed by atoms with Crippen molar-refractivity contribution in [2.45, 2.75) is 26.9 Å². The molecule has 70 valence electrons. The van der Waals surface area contributed by atoms with Crippen LogP contribution in [-0.4, -0.2) is 38.1 Å².